The number of aromatic nitrogens is 1. The van der Waals surface area contributed by atoms with E-state index in [0.717, 1.165) is 0 Å². The van der Waals surface area contributed by atoms with Crippen molar-refractivity contribution in [1.29, 1.82) is 0 Å². The molecule has 1 aromatic rings. The van der Waals surface area contributed by atoms with Crippen molar-refractivity contribution in [3.8, 4) is 0 Å². The molecule has 1 aromatic heterocycles. The Morgan fingerprint density at radius 1 is 1.38 bits per heavy atom. The van der Waals surface area contributed by atoms with Crippen LogP contribution in [0.25, 0.3) is 0 Å². The second-order valence-corrected chi connectivity index (χ2v) is 6.29. The van der Waals surface area contributed by atoms with E-state index in [-0.39, 0.29) is 11.8 Å². The molecule has 0 saturated heterocycles. The number of carbonyl (C=O) groups excluding carboxylic acids is 1. The summed E-state index contributed by atoms with van der Waals surface area (Å²) < 4.78 is 0. The Kier molecular flexibility index (Phi) is 5.69. The van der Waals surface area contributed by atoms with Gasteiger partial charge in [-0.05, 0) is 30.9 Å². The molecule has 0 fully saturated rings. The van der Waals surface area contributed by atoms with Gasteiger partial charge in [-0.2, -0.15) is 0 Å². The van der Waals surface area contributed by atoms with E-state index in [9.17, 15) is 9.59 Å². The topological polar surface area (TPSA) is 91.3 Å². The van der Waals surface area contributed by atoms with Crippen LogP contribution in [0.3, 0.4) is 0 Å². The van der Waals surface area contributed by atoms with Crippen molar-refractivity contribution in [2.45, 2.75) is 46.6 Å². The number of rotatable bonds is 5. The normalized spacial score (nSPS) is 12.6. The molecule has 0 aliphatic carbocycles. The van der Waals surface area contributed by atoms with Gasteiger partial charge in [-0.1, -0.05) is 20.8 Å². The monoisotopic (exact) mass is 293 g/mol. The van der Waals surface area contributed by atoms with Gasteiger partial charge in [0.1, 0.15) is 0 Å². The van der Waals surface area contributed by atoms with Gasteiger partial charge in [-0.15, -0.1) is 0 Å². The van der Waals surface area contributed by atoms with E-state index in [2.05, 4.69) is 15.6 Å². The number of urea groups is 1. The lowest BCUT2D eigenvalue weighted by Crippen LogP contribution is -2.41. The van der Waals surface area contributed by atoms with Gasteiger partial charge in [0.15, 0.2) is 0 Å². The number of anilines is 1. The summed E-state index contributed by atoms with van der Waals surface area (Å²) in [7, 11) is 0. The zero-order valence-electron chi connectivity index (χ0n) is 12.9. The Hall–Kier alpha value is -2.11. The summed E-state index contributed by atoms with van der Waals surface area (Å²) in [6.07, 6.45) is 2.13. The first-order valence-corrected chi connectivity index (χ1v) is 6.88. The summed E-state index contributed by atoms with van der Waals surface area (Å²) in [5.41, 5.74) is 1.25. The number of carboxylic acid groups (broad SMARTS) is 1. The minimum Gasteiger partial charge on any atom is -0.481 e. The maximum absolute atomic E-state index is 12.0. The van der Waals surface area contributed by atoms with Crippen LogP contribution in [0.4, 0.5) is 10.5 Å². The summed E-state index contributed by atoms with van der Waals surface area (Å²) in [6, 6.07) is 2.64. The predicted molar refractivity (Wildman–Crippen MR) is 81.2 cm³/mol. The Morgan fingerprint density at radius 2 is 2.05 bits per heavy atom. The second-order valence-electron chi connectivity index (χ2n) is 6.29. The number of carboxylic acids is 1. The number of carbonyl (C=O) groups is 2. The van der Waals surface area contributed by atoms with E-state index in [1.165, 1.54) is 0 Å². The molecule has 6 nitrogen and oxygen atoms in total. The van der Waals surface area contributed by atoms with Crippen LogP contribution in [0, 0.1) is 12.3 Å². The summed E-state index contributed by atoms with van der Waals surface area (Å²) in [5, 5.41) is 14.4. The molecule has 1 heterocycles. The van der Waals surface area contributed by atoms with Crippen LogP contribution in [-0.4, -0.2) is 28.1 Å². The Bertz CT molecular complexity index is 509. The molecule has 2 amide bonds. The third-order valence-electron chi connectivity index (χ3n) is 2.87. The second kappa shape index (κ2) is 7.06. The highest BCUT2D eigenvalue weighted by Gasteiger charge is 2.22. The van der Waals surface area contributed by atoms with Crippen molar-refractivity contribution in [1.82, 2.24) is 10.3 Å². The highest BCUT2D eigenvalue weighted by Crippen LogP contribution is 2.22. The minimum absolute atomic E-state index is 0.0718. The number of amides is 2. The zero-order chi connectivity index (χ0) is 16.0. The lowest BCUT2D eigenvalue weighted by atomic mass is 9.87. The van der Waals surface area contributed by atoms with Crippen LogP contribution in [0.1, 0.15) is 39.3 Å². The van der Waals surface area contributed by atoms with Crippen molar-refractivity contribution in [2.24, 2.45) is 5.41 Å². The first-order chi connectivity index (χ1) is 9.67. The van der Waals surface area contributed by atoms with E-state index >= 15 is 0 Å². The Morgan fingerprint density at radius 3 is 2.57 bits per heavy atom. The van der Waals surface area contributed by atoms with Gasteiger partial charge in [0.2, 0.25) is 0 Å². The quantitative estimate of drug-likeness (QED) is 0.778. The lowest BCUT2D eigenvalue weighted by Gasteiger charge is -2.26. The lowest BCUT2D eigenvalue weighted by molar-refractivity contribution is -0.137. The fraction of sp³-hybridized carbons (Fsp3) is 0.533. The number of hydrogen-bond acceptors (Lipinski definition) is 3. The van der Waals surface area contributed by atoms with E-state index < -0.39 is 18.0 Å². The van der Waals surface area contributed by atoms with Crippen LogP contribution in [0.2, 0.25) is 0 Å². The summed E-state index contributed by atoms with van der Waals surface area (Å²) in [6.45, 7) is 7.81. The molecule has 0 aromatic carbocycles. The van der Waals surface area contributed by atoms with Crippen LogP contribution >= 0.6 is 0 Å². The van der Waals surface area contributed by atoms with Gasteiger partial charge in [0, 0.05) is 12.2 Å². The van der Waals surface area contributed by atoms with Gasteiger partial charge in [0.05, 0.1) is 17.8 Å². The molecular weight excluding hydrogens is 270 g/mol. The van der Waals surface area contributed by atoms with E-state index in [1.54, 1.807) is 25.3 Å². The SMILES string of the molecule is Cc1ncccc1NC(=O)NC(CC(=O)O)CC(C)(C)C. The van der Waals surface area contributed by atoms with Crippen molar-refractivity contribution in [3.05, 3.63) is 24.0 Å². The largest absolute Gasteiger partial charge is 0.481 e. The molecule has 0 spiro atoms. The van der Waals surface area contributed by atoms with E-state index in [0.29, 0.717) is 17.8 Å². The maximum Gasteiger partial charge on any atom is 0.319 e. The van der Waals surface area contributed by atoms with Crippen molar-refractivity contribution in [3.63, 3.8) is 0 Å². The van der Waals surface area contributed by atoms with Gasteiger partial charge >= 0.3 is 12.0 Å². The maximum atomic E-state index is 12.0. The predicted octanol–water partition coefficient (Wildman–Crippen LogP) is 2.79. The standard InChI is InChI=1S/C15H23N3O3/c1-10-12(6-5-7-16-10)18-14(21)17-11(8-13(19)20)9-15(2,3)4/h5-7,11H,8-9H2,1-4H3,(H,19,20)(H2,17,18,21). The number of hydrogen-bond donors (Lipinski definition) is 3. The highest BCUT2D eigenvalue weighted by molar-refractivity contribution is 5.90. The van der Waals surface area contributed by atoms with Crippen LogP contribution in [0.5, 0.6) is 0 Å². The molecule has 0 aliphatic heterocycles. The fourth-order valence-corrected chi connectivity index (χ4v) is 2.08. The molecule has 3 N–H and O–H groups in total. The third kappa shape index (κ3) is 6.74. The van der Waals surface area contributed by atoms with Crippen molar-refractivity contribution >= 4 is 17.7 Å². The molecule has 0 saturated carbocycles. The van der Waals surface area contributed by atoms with E-state index in [1.807, 2.05) is 20.8 Å². The minimum atomic E-state index is -0.929. The van der Waals surface area contributed by atoms with Gasteiger partial charge in [-0.3, -0.25) is 9.78 Å². The number of aryl methyl sites for hydroxylation is 1. The number of pyridine rings is 1. The van der Waals surface area contributed by atoms with Crippen LogP contribution in [0.15, 0.2) is 18.3 Å². The van der Waals surface area contributed by atoms with Gasteiger partial charge < -0.3 is 15.7 Å². The number of nitrogens with zero attached hydrogens (tertiary/aromatic N) is 1. The molecule has 0 bridgehead atoms. The summed E-state index contributed by atoms with van der Waals surface area (Å²) in [4.78, 5) is 27.0. The summed E-state index contributed by atoms with van der Waals surface area (Å²) >= 11 is 0. The highest BCUT2D eigenvalue weighted by atomic mass is 16.4. The third-order valence-corrected chi connectivity index (χ3v) is 2.87. The molecule has 116 valence electrons. The van der Waals surface area contributed by atoms with Crippen LogP contribution < -0.4 is 10.6 Å². The molecule has 6 heteroatoms. The van der Waals surface area contributed by atoms with Gasteiger partial charge in [0.25, 0.3) is 0 Å². The molecule has 0 aliphatic rings. The molecule has 1 atom stereocenters. The molecular formula is C15H23N3O3. The average Bonchev–Trinajstić information content (AvgIpc) is 2.28. The average molecular weight is 293 g/mol. The smallest absolute Gasteiger partial charge is 0.319 e. The fourth-order valence-electron chi connectivity index (χ4n) is 2.08. The first-order valence-electron chi connectivity index (χ1n) is 6.88. The van der Waals surface area contributed by atoms with E-state index in [4.69, 9.17) is 5.11 Å². The number of nitrogens with one attached hydrogen (secondary N) is 2. The van der Waals surface area contributed by atoms with Crippen molar-refractivity contribution < 1.29 is 14.7 Å². The molecule has 0 radical (unpaired) electrons. The molecule has 21 heavy (non-hydrogen) atoms. The first kappa shape index (κ1) is 16.9. The Labute approximate surface area is 125 Å². The molecule has 1 rings (SSSR count). The van der Waals surface area contributed by atoms with Crippen LogP contribution in [-0.2, 0) is 4.79 Å². The van der Waals surface area contributed by atoms with Crippen molar-refractivity contribution in [2.75, 3.05) is 5.32 Å². The molecule has 1 unspecified atom stereocenters. The summed E-state index contributed by atoms with van der Waals surface area (Å²) in [5.74, 6) is -0.929. The Balaban J connectivity index is 2.67. The van der Waals surface area contributed by atoms with Gasteiger partial charge in [-0.25, -0.2) is 4.79 Å². The zero-order valence-corrected chi connectivity index (χ0v) is 12.9. The number of aliphatic carboxylic acids is 1.